The second-order valence-corrected chi connectivity index (χ2v) is 4.96. The molecule has 0 atom stereocenters. The fourth-order valence-electron chi connectivity index (χ4n) is 0.885. The summed E-state index contributed by atoms with van der Waals surface area (Å²) in [5.41, 5.74) is 1.13. The third-order valence-electron chi connectivity index (χ3n) is 1.61. The van der Waals surface area contributed by atoms with Crippen LogP contribution in [-0.2, 0) is 0 Å². The highest BCUT2D eigenvalue weighted by atomic mass is 79.9. The van der Waals surface area contributed by atoms with E-state index in [4.69, 9.17) is 5.11 Å². The van der Waals surface area contributed by atoms with Gasteiger partial charge < -0.3 is 5.11 Å². The summed E-state index contributed by atoms with van der Waals surface area (Å²) in [6.07, 6.45) is 0. The molecule has 1 aromatic carbocycles. The molecule has 1 aromatic rings. The van der Waals surface area contributed by atoms with Gasteiger partial charge in [-0.25, -0.2) is 4.79 Å². The Hall–Kier alpha value is 0.130. The average Bonchev–Trinajstić information content (AvgIpc) is 1.99. The van der Waals surface area contributed by atoms with Crippen molar-refractivity contribution in [1.29, 1.82) is 0 Å². The van der Waals surface area contributed by atoms with Gasteiger partial charge in [0.25, 0.3) is 0 Å². The molecular weight excluding hydrogens is 368 g/mol. The predicted molar refractivity (Wildman–Crippen MR) is 61.2 cm³/mol. The van der Waals surface area contributed by atoms with E-state index in [0.29, 0.717) is 8.95 Å². The van der Waals surface area contributed by atoms with Crippen LogP contribution in [0.1, 0.15) is 15.9 Å². The first-order valence-electron chi connectivity index (χ1n) is 3.32. The van der Waals surface area contributed by atoms with Crippen LogP contribution in [0.5, 0.6) is 0 Å². The number of rotatable bonds is 1. The molecule has 13 heavy (non-hydrogen) atoms. The predicted octanol–water partition coefficient (Wildman–Crippen LogP) is 3.98. The number of hydrogen-bond donors (Lipinski definition) is 1. The minimum absolute atomic E-state index is 0.251. The van der Waals surface area contributed by atoms with E-state index in [1.807, 2.05) is 6.92 Å². The van der Waals surface area contributed by atoms with Gasteiger partial charge in [0, 0.05) is 13.4 Å². The average molecular weight is 373 g/mol. The molecule has 0 saturated heterocycles. The zero-order chi connectivity index (χ0) is 10.2. The first-order valence-corrected chi connectivity index (χ1v) is 5.70. The quantitative estimate of drug-likeness (QED) is 0.809. The summed E-state index contributed by atoms with van der Waals surface area (Å²) >= 11 is 9.76. The van der Waals surface area contributed by atoms with E-state index in [1.165, 1.54) is 0 Å². The van der Waals surface area contributed by atoms with Crippen molar-refractivity contribution in [2.24, 2.45) is 0 Å². The lowest BCUT2D eigenvalue weighted by Crippen LogP contribution is -2.01. The lowest BCUT2D eigenvalue weighted by atomic mass is 10.1. The van der Waals surface area contributed by atoms with Crippen LogP contribution in [0.2, 0.25) is 0 Å². The second kappa shape index (κ2) is 4.11. The number of aromatic carboxylic acids is 1. The van der Waals surface area contributed by atoms with Crippen molar-refractivity contribution in [1.82, 2.24) is 0 Å². The Bertz CT molecular complexity index is 374. The van der Waals surface area contributed by atoms with Crippen LogP contribution in [0, 0.1) is 6.92 Å². The minimum atomic E-state index is -0.950. The van der Waals surface area contributed by atoms with E-state index in [9.17, 15) is 4.79 Å². The Morgan fingerprint density at radius 2 is 1.85 bits per heavy atom. The van der Waals surface area contributed by atoms with Gasteiger partial charge in [0.1, 0.15) is 0 Å². The molecule has 0 aromatic heterocycles. The fraction of sp³-hybridized carbons (Fsp3) is 0.125. The maximum atomic E-state index is 10.8. The van der Waals surface area contributed by atoms with Gasteiger partial charge in [-0.1, -0.05) is 15.9 Å². The number of carboxylic acids is 1. The number of hydrogen-bond acceptors (Lipinski definition) is 1. The highest BCUT2D eigenvalue weighted by Crippen LogP contribution is 2.33. The normalized spacial score (nSPS) is 10.2. The first kappa shape index (κ1) is 11.2. The van der Waals surface area contributed by atoms with E-state index in [-0.39, 0.29) is 5.56 Å². The molecule has 1 N–H and O–H groups in total. The number of carbonyl (C=O) groups is 1. The van der Waals surface area contributed by atoms with Gasteiger partial charge in [0.2, 0.25) is 0 Å². The molecule has 0 fully saturated rings. The Morgan fingerprint density at radius 3 is 2.31 bits per heavy atom. The lowest BCUT2D eigenvalue weighted by Gasteiger charge is -2.07. The molecule has 0 heterocycles. The molecular formula is C8H5Br3O2. The van der Waals surface area contributed by atoms with E-state index < -0.39 is 5.97 Å². The van der Waals surface area contributed by atoms with E-state index in [0.717, 1.165) is 10.0 Å². The molecule has 0 radical (unpaired) electrons. The summed E-state index contributed by atoms with van der Waals surface area (Å²) in [6.45, 7) is 1.84. The molecule has 2 nitrogen and oxygen atoms in total. The Labute approximate surface area is 101 Å². The molecule has 0 bridgehead atoms. The zero-order valence-electron chi connectivity index (χ0n) is 6.57. The van der Waals surface area contributed by atoms with Crippen LogP contribution in [-0.4, -0.2) is 11.1 Å². The summed E-state index contributed by atoms with van der Waals surface area (Å²) < 4.78 is 2.03. The topological polar surface area (TPSA) is 37.3 Å². The number of halogens is 3. The van der Waals surface area contributed by atoms with Gasteiger partial charge in [-0.2, -0.15) is 0 Å². The monoisotopic (exact) mass is 370 g/mol. The molecule has 0 unspecified atom stereocenters. The number of carboxylic acid groups (broad SMARTS) is 1. The Kier molecular flexibility index (Phi) is 3.54. The highest BCUT2D eigenvalue weighted by Gasteiger charge is 2.16. The van der Waals surface area contributed by atoms with Gasteiger partial charge in [0.05, 0.1) is 5.56 Å². The molecule has 0 amide bonds. The van der Waals surface area contributed by atoms with Crippen LogP contribution in [0.25, 0.3) is 0 Å². The van der Waals surface area contributed by atoms with Crippen molar-refractivity contribution in [3.63, 3.8) is 0 Å². The molecule has 5 heteroatoms. The van der Waals surface area contributed by atoms with Gasteiger partial charge >= 0.3 is 5.97 Å². The van der Waals surface area contributed by atoms with Gasteiger partial charge in [-0.15, -0.1) is 0 Å². The third kappa shape index (κ3) is 2.14. The summed E-state index contributed by atoms with van der Waals surface area (Å²) in [4.78, 5) is 10.8. The number of benzene rings is 1. The van der Waals surface area contributed by atoms with Gasteiger partial charge in [0.15, 0.2) is 0 Å². The van der Waals surface area contributed by atoms with E-state index in [2.05, 4.69) is 47.8 Å². The van der Waals surface area contributed by atoms with Gasteiger partial charge in [-0.05, 0) is 50.4 Å². The Morgan fingerprint density at radius 1 is 1.31 bits per heavy atom. The van der Waals surface area contributed by atoms with Crippen molar-refractivity contribution >= 4 is 53.8 Å². The first-order chi connectivity index (χ1) is 5.95. The standard InChI is InChI=1S/C8H5Br3O2/c1-3-4(9)2-5(10)6(7(3)11)8(12)13/h2H,1H3,(H,12,13). The summed E-state index contributed by atoms with van der Waals surface area (Å²) in [6, 6.07) is 1.73. The zero-order valence-corrected chi connectivity index (χ0v) is 11.3. The fourth-order valence-corrected chi connectivity index (χ4v) is 3.34. The van der Waals surface area contributed by atoms with Crippen molar-refractivity contribution in [2.75, 3.05) is 0 Å². The van der Waals surface area contributed by atoms with Crippen LogP contribution >= 0.6 is 47.8 Å². The molecule has 0 aliphatic carbocycles. The van der Waals surface area contributed by atoms with E-state index in [1.54, 1.807) is 6.07 Å². The molecule has 0 aliphatic rings. The van der Waals surface area contributed by atoms with Crippen molar-refractivity contribution in [2.45, 2.75) is 6.92 Å². The third-order valence-corrected chi connectivity index (χ3v) is 4.05. The van der Waals surface area contributed by atoms with E-state index >= 15 is 0 Å². The largest absolute Gasteiger partial charge is 0.478 e. The summed E-state index contributed by atoms with van der Waals surface area (Å²) in [7, 11) is 0. The SMILES string of the molecule is Cc1c(Br)cc(Br)c(C(=O)O)c1Br. The van der Waals surface area contributed by atoms with Crippen molar-refractivity contribution in [3.8, 4) is 0 Å². The maximum absolute atomic E-state index is 10.8. The van der Waals surface area contributed by atoms with Crippen LogP contribution < -0.4 is 0 Å². The summed E-state index contributed by atoms with van der Waals surface area (Å²) in [5.74, 6) is -0.950. The lowest BCUT2D eigenvalue weighted by molar-refractivity contribution is 0.0694. The molecule has 0 saturated carbocycles. The van der Waals surface area contributed by atoms with Crippen LogP contribution in [0.4, 0.5) is 0 Å². The van der Waals surface area contributed by atoms with Crippen molar-refractivity contribution in [3.05, 3.63) is 30.6 Å². The minimum Gasteiger partial charge on any atom is -0.478 e. The van der Waals surface area contributed by atoms with Crippen LogP contribution in [0.3, 0.4) is 0 Å². The molecule has 0 aliphatic heterocycles. The molecule has 1 rings (SSSR count). The second-order valence-electron chi connectivity index (χ2n) is 2.46. The smallest absolute Gasteiger partial charge is 0.338 e. The Balaban J connectivity index is 3.53. The van der Waals surface area contributed by atoms with Gasteiger partial charge in [-0.3, -0.25) is 0 Å². The highest BCUT2D eigenvalue weighted by molar-refractivity contribution is 9.11. The van der Waals surface area contributed by atoms with Crippen LogP contribution in [0.15, 0.2) is 19.5 Å². The molecule has 0 spiro atoms. The van der Waals surface area contributed by atoms with Crippen molar-refractivity contribution < 1.29 is 9.90 Å². The molecule has 70 valence electrons. The summed E-state index contributed by atoms with van der Waals surface area (Å²) in [5, 5.41) is 8.89. The maximum Gasteiger partial charge on any atom is 0.338 e.